The van der Waals surface area contributed by atoms with Gasteiger partial charge in [-0.1, -0.05) is 13.8 Å². The smallest absolute Gasteiger partial charge is 0.345 e. The number of thiophene rings is 1. The highest BCUT2D eigenvalue weighted by atomic mass is 79.9. The molecule has 0 aliphatic rings. The third kappa shape index (κ3) is 1.87. The molecule has 1 aromatic rings. The van der Waals surface area contributed by atoms with Crippen LogP contribution in [-0.2, 0) is 0 Å². The van der Waals surface area contributed by atoms with E-state index in [2.05, 4.69) is 15.9 Å². The molecule has 4 heteroatoms. The topological polar surface area (TPSA) is 37.3 Å². The van der Waals surface area contributed by atoms with Gasteiger partial charge < -0.3 is 5.11 Å². The first-order chi connectivity index (χ1) is 5.52. The second-order valence-electron chi connectivity index (χ2n) is 2.80. The number of carboxylic acid groups (broad SMARTS) is 1. The lowest BCUT2D eigenvalue weighted by Crippen LogP contribution is -1.91. The lowest BCUT2D eigenvalue weighted by Gasteiger charge is -1.99. The van der Waals surface area contributed by atoms with E-state index in [4.69, 9.17) is 5.11 Å². The minimum atomic E-state index is -0.854. The van der Waals surface area contributed by atoms with Crippen molar-refractivity contribution in [2.75, 3.05) is 0 Å². The highest BCUT2D eigenvalue weighted by Gasteiger charge is 2.13. The summed E-state index contributed by atoms with van der Waals surface area (Å²) >= 11 is 4.61. The normalized spacial score (nSPS) is 10.7. The van der Waals surface area contributed by atoms with Crippen LogP contribution in [0.4, 0.5) is 0 Å². The monoisotopic (exact) mass is 248 g/mol. The SMILES string of the molecule is CC(C)c1cc(C(=O)O)sc1Br. The number of halogens is 1. The van der Waals surface area contributed by atoms with Crippen LogP contribution in [0, 0.1) is 0 Å². The van der Waals surface area contributed by atoms with Gasteiger partial charge in [-0.25, -0.2) is 4.79 Å². The van der Waals surface area contributed by atoms with Crippen LogP contribution in [0.5, 0.6) is 0 Å². The van der Waals surface area contributed by atoms with Crippen molar-refractivity contribution in [2.24, 2.45) is 0 Å². The minimum absolute atomic E-state index is 0.365. The van der Waals surface area contributed by atoms with Gasteiger partial charge in [-0.2, -0.15) is 0 Å². The Balaban J connectivity index is 3.09. The van der Waals surface area contributed by atoms with Crippen LogP contribution >= 0.6 is 27.3 Å². The quantitative estimate of drug-likeness (QED) is 0.872. The van der Waals surface area contributed by atoms with Crippen LogP contribution in [0.15, 0.2) is 9.85 Å². The summed E-state index contributed by atoms with van der Waals surface area (Å²) in [4.78, 5) is 11.0. The highest BCUT2D eigenvalue weighted by molar-refractivity contribution is 9.11. The Morgan fingerprint density at radius 1 is 1.67 bits per heavy atom. The summed E-state index contributed by atoms with van der Waals surface area (Å²) in [6, 6.07) is 1.72. The summed E-state index contributed by atoms with van der Waals surface area (Å²) in [6.07, 6.45) is 0. The summed E-state index contributed by atoms with van der Waals surface area (Å²) in [6.45, 7) is 4.08. The first-order valence-electron chi connectivity index (χ1n) is 3.55. The van der Waals surface area contributed by atoms with E-state index in [1.807, 2.05) is 13.8 Å². The fourth-order valence-corrected chi connectivity index (χ4v) is 2.86. The number of aromatic carboxylic acids is 1. The van der Waals surface area contributed by atoms with Crippen molar-refractivity contribution in [1.82, 2.24) is 0 Å². The first kappa shape index (κ1) is 9.74. The average molecular weight is 249 g/mol. The van der Waals surface area contributed by atoms with E-state index < -0.39 is 5.97 Å². The predicted molar refractivity (Wildman–Crippen MR) is 53.1 cm³/mol. The molecule has 12 heavy (non-hydrogen) atoms. The molecule has 1 rings (SSSR count). The highest BCUT2D eigenvalue weighted by Crippen LogP contribution is 2.32. The Labute approximate surface area is 83.4 Å². The van der Waals surface area contributed by atoms with E-state index in [0.717, 1.165) is 9.35 Å². The maximum Gasteiger partial charge on any atom is 0.345 e. The van der Waals surface area contributed by atoms with Gasteiger partial charge in [0, 0.05) is 0 Å². The van der Waals surface area contributed by atoms with Crippen LogP contribution < -0.4 is 0 Å². The zero-order valence-electron chi connectivity index (χ0n) is 6.80. The predicted octanol–water partition coefficient (Wildman–Crippen LogP) is 3.33. The number of hydrogen-bond acceptors (Lipinski definition) is 2. The molecule has 0 fully saturated rings. The molecule has 66 valence electrons. The fourth-order valence-electron chi connectivity index (χ4n) is 0.882. The third-order valence-corrected chi connectivity index (χ3v) is 3.42. The van der Waals surface area contributed by atoms with E-state index in [1.165, 1.54) is 11.3 Å². The summed E-state index contributed by atoms with van der Waals surface area (Å²) in [7, 11) is 0. The van der Waals surface area contributed by atoms with E-state index in [9.17, 15) is 4.79 Å². The van der Waals surface area contributed by atoms with Crippen LogP contribution in [0.25, 0.3) is 0 Å². The molecule has 0 aromatic carbocycles. The molecule has 0 spiro atoms. The molecule has 0 radical (unpaired) electrons. The largest absolute Gasteiger partial charge is 0.477 e. The molecular formula is C8H9BrO2S. The lowest BCUT2D eigenvalue weighted by molar-refractivity contribution is 0.0702. The zero-order valence-corrected chi connectivity index (χ0v) is 9.20. The molecule has 1 heterocycles. The van der Waals surface area contributed by atoms with Gasteiger partial charge in [0.1, 0.15) is 4.88 Å². The molecule has 0 saturated heterocycles. The summed E-state index contributed by atoms with van der Waals surface area (Å²) in [5.41, 5.74) is 1.07. The number of carbonyl (C=O) groups is 1. The number of carboxylic acids is 1. The van der Waals surface area contributed by atoms with Gasteiger partial charge in [-0.15, -0.1) is 11.3 Å². The molecule has 0 amide bonds. The fraction of sp³-hybridized carbons (Fsp3) is 0.375. The molecule has 0 aliphatic carbocycles. The van der Waals surface area contributed by atoms with E-state index in [-0.39, 0.29) is 0 Å². The van der Waals surface area contributed by atoms with Crippen LogP contribution in [-0.4, -0.2) is 11.1 Å². The van der Waals surface area contributed by atoms with E-state index in [1.54, 1.807) is 6.07 Å². The van der Waals surface area contributed by atoms with Gasteiger partial charge in [-0.05, 0) is 33.5 Å². The molecule has 0 saturated carbocycles. The van der Waals surface area contributed by atoms with Crippen molar-refractivity contribution >= 4 is 33.2 Å². The summed E-state index contributed by atoms with van der Waals surface area (Å²) < 4.78 is 0.926. The molecule has 2 nitrogen and oxygen atoms in total. The van der Waals surface area contributed by atoms with Crippen molar-refractivity contribution < 1.29 is 9.90 Å². The second-order valence-corrected chi connectivity index (χ2v) is 5.17. The van der Waals surface area contributed by atoms with Gasteiger partial charge in [-0.3, -0.25) is 0 Å². The van der Waals surface area contributed by atoms with Gasteiger partial charge in [0.25, 0.3) is 0 Å². The number of hydrogen-bond donors (Lipinski definition) is 1. The standard InChI is InChI=1S/C8H9BrO2S/c1-4(2)5-3-6(8(10)11)12-7(5)9/h3-4H,1-2H3,(H,10,11). The Morgan fingerprint density at radius 3 is 2.50 bits per heavy atom. The zero-order chi connectivity index (χ0) is 9.30. The maximum absolute atomic E-state index is 10.6. The second kappa shape index (κ2) is 3.58. The molecule has 0 atom stereocenters. The van der Waals surface area contributed by atoms with Gasteiger partial charge in [0.05, 0.1) is 3.79 Å². The molecule has 1 N–H and O–H groups in total. The van der Waals surface area contributed by atoms with Crippen LogP contribution in [0.3, 0.4) is 0 Å². The van der Waals surface area contributed by atoms with E-state index in [0.29, 0.717) is 10.8 Å². The third-order valence-electron chi connectivity index (χ3n) is 1.55. The van der Waals surface area contributed by atoms with Crippen molar-refractivity contribution in [3.8, 4) is 0 Å². The van der Waals surface area contributed by atoms with Gasteiger partial charge in [0.2, 0.25) is 0 Å². The van der Waals surface area contributed by atoms with Crippen LogP contribution in [0.1, 0.15) is 35.0 Å². The molecule has 0 bridgehead atoms. The first-order valence-corrected chi connectivity index (χ1v) is 5.16. The van der Waals surface area contributed by atoms with Crippen molar-refractivity contribution in [1.29, 1.82) is 0 Å². The molecule has 1 aromatic heterocycles. The summed E-state index contributed by atoms with van der Waals surface area (Å²) in [5.74, 6) is -0.490. The molecule has 0 unspecified atom stereocenters. The van der Waals surface area contributed by atoms with Crippen molar-refractivity contribution in [2.45, 2.75) is 19.8 Å². The van der Waals surface area contributed by atoms with Crippen LogP contribution in [0.2, 0.25) is 0 Å². The summed E-state index contributed by atoms with van der Waals surface area (Å²) in [5, 5.41) is 8.69. The van der Waals surface area contributed by atoms with E-state index >= 15 is 0 Å². The Bertz CT molecular complexity index is 304. The Kier molecular flexibility index (Phi) is 2.90. The molecule has 0 aliphatic heterocycles. The molecular weight excluding hydrogens is 240 g/mol. The Hall–Kier alpha value is -0.350. The number of rotatable bonds is 2. The maximum atomic E-state index is 10.6. The van der Waals surface area contributed by atoms with Crippen molar-refractivity contribution in [3.63, 3.8) is 0 Å². The lowest BCUT2D eigenvalue weighted by atomic mass is 10.1. The average Bonchev–Trinajstić information content (AvgIpc) is 2.30. The van der Waals surface area contributed by atoms with Gasteiger partial charge >= 0.3 is 5.97 Å². The van der Waals surface area contributed by atoms with Gasteiger partial charge in [0.15, 0.2) is 0 Å². The Morgan fingerprint density at radius 2 is 2.25 bits per heavy atom. The van der Waals surface area contributed by atoms with Crippen molar-refractivity contribution in [3.05, 3.63) is 20.3 Å². The minimum Gasteiger partial charge on any atom is -0.477 e.